The van der Waals surface area contributed by atoms with Crippen molar-refractivity contribution in [1.29, 1.82) is 0 Å². The van der Waals surface area contributed by atoms with Crippen LogP contribution in [0, 0.1) is 0 Å². The molecule has 0 aliphatic heterocycles. The van der Waals surface area contributed by atoms with Crippen LogP contribution in [0.25, 0.3) is 0 Å². The third-order valence-corrected chi connectivity index (χ3v) is 4.66. The summed E-state index contributed by atoms with van der Waals surface area (Å²) in [6.45, 7) is 2.46. The fourth-order valence-electron chi connectivity index (χ4n) is 1.79. The Morgan fingerprint density at radius 2 is 2.21 bits per heavy atom. The van der Waals surface area contributed by atoms with Crippen molar-refractivity contribution in [3.05, 3.63) is 42.2 Å². The number of nitrogens with zero attached hydrogens (tertiary/aromatic N) is 2. The van der Waals surface area contributed by atoms with Gasteiger partial charge < -0.3 is 5.73 Å². The molecule has 1 heterocycles. The van der Waals surface area contributed by atoms with Gasteiger partial charge in [-0.1, -0.05) is 19.1 Å². The smallest absolute Gasteiger partial charge is 0.246 e. The summed E-state index contributed by atoms with van der Waals surface area (Å²) >= 11 is 0. The van der Waals surface area contributed by atoms with Crippen LogP contribution in [0.1, 0.15) is 12.5 Å². The number of hydrogen-bond acceptors (Lipinski definition) is 4. The molecule has 102 valence electrons. The minimum Gasteiger partial charge on any atom is -0.399 e. The number of H-pyrrole nitrogens is 1. The van der Waals surface area contributed by atoms with E-state index in [0.717, 1.165) is 5.56 Å². The normalized spacial score (nSPS) is 11.9. The molecule has 0 fully saturated rings. The van der Waals surface area contributed by atoms with Gasteiger partial charge in [-0.05, 0) is 17.7 Å². The van der Waals surface area contributed by atoms with Gasteiger partial charge in [0.25, 0.3) is 0 Å². The van der Waals surface area contributed by atoms with Crippen molar-refractivity contribution in [3.8, 4) is 0 Å². The fourth-order valence-corrected chi connectivity index (χ4v) is 3.14. The van der Waals surface area contributed by atoms with E-state index in [2.05, 4.69) is 10.2 Å². The maximum atomic E-state index is 12.3. The van der Waals surface area contributed by atoms with Gasteiger partial charge in [0.05, 0.1) is 6.20 Å². The summed E-state index contributed by atoms with van der Waals surface area (Å²) in [5, 5.41) is 6.19. The molecule has 6 nitrogen and oxygen atoms in total. The first kappa shape index (κ1) is 13.6. The molecule has 0 radical (unpaired) electrons. The zero-order valence-corrected chi connectivity index (χ0v) is 11.4. The van der Waals surface area contributed by atoms with Crippen LogP contribution in [0.3, 0.4) is 0 Å². The Kier molecular flexibility index (Phi) is 3.87. The molecule has 7 heteroatoms. The number of nitrogens with two attached hydrogens (primary N) is 1. The van der Waals surface area contributed by atoms with E-state index in [1.54, 1.807) is 19.1 Å². The van der Waals surface area contributed by atoms with E-state index in [1.165, 1.54) is 16.7 Å². The van der Waals surface area contributed by atoms with Crippen LogP contribution < -0.4 is 5.73 Å². The predicted octanol–water partition coefficient (Wildman–Crippen LogP) is 1.20. The molecule has 2 aromatic rings. The first-order valence-electron chi connectivity index (χ1n) is 5.87. The van der Waals surface area contributed by atoms with E-state index in [4.69, 9.17) is 5.73 Å². The first-order valence-corrected chi connectivity index (χ1v) is 7.31. The minimum absolute atomic E-state index is 0.165. The average molecular weight is 280 g/mol. The van der Waals surface area contributed by atoms with E-state index < -0.39 is 10.0 Å². The van der Waals surface area contributed by atoms with E-state index in [9.17, 15) is 8.42 Å². The van der Waals surface area contributed by atoms with E-state index >= 15 is 0 Å². The molecule has 0 aliphatic carbocycles. The number of aromatic amines is 1. The summed E-state index contributed by atoms with van der Waals surface area (Å²) in [5.74, 6) is 0. The number of nitrogen functional groups attached to an aromatic ring is 1. The van der Waals surface area contributed by atoms with Crippen LogP contribution in [0.5, 0.6) is 0 Å². The second kappa shape index (κ2) is 5.41. The van der Waals surface area contributed by atoms with Crippen LogP contribution in [-0.2, 0) is 16.6 Å². The van der Waals surface area contributed by atoms with Crippen LogP contribution in [0.4, 0.5) is 5.69 Å². The number of hydrogen-bond donors (Lipinski definition) is 2. The third-order valence-electron chi connectivity index (χ3n) is 2.77. The predicted molar refractivity (Wildman–Crippen MR) is 72.7 cm³/mol. The van der Waals surface area contributed by atoms with Gasteiger partial charge in [-0.15, -0.1) is 0 Å². The Hall–Kier alpha value is -1.86. The van der Waals surface area contributed by atoms with E-state index in [0.29, 0.717) is 12.2 Å². The molecule has 19 heavy (non-hydrogen) atoms. The second-order valence-corrected chi connectivity index (χ2v) is 6.05. The number of anilines is 1. The van der Waals surface area contributed by atoms with Gasteiger partial charge in [-0.2, -0.15) is 9.40 Å². The minimum atomic E-state index is -3.52. The summed E-state index contributed by atoms with van der Waals surface area (Å²) in [5.41, 5.74) is 7.17. The third kappa shape index (κ3) is 2.94. The first-order chi connectivity index (χ1) is 9.04. The lowest BCUT2D eigenvalue weighted by molar-refractivity contribution is 0.423. The van der Waals surface area contributed by atoms with Crippen LogP contribution in [0.2, 0.25) is 0 Å². The molecule has 0 unspecified atom stereocenters. The molecular weight excluding hydrogens is 264 g/mol. The lowest BCUT2D eigenvalue weighted by Crippen LogP contribution is -2.30. The van der Waals surface area contributed by atoms with Gasteiger partial charge in [0.2, 0.25) is 10.0 Å². The summed E-state index contributed by atoms with van der Waals surface area (Å²) < 4.78 is 26.1. The van der Waals surface area contributed by atoms with Crippen molar-refractivity contribution in [2.45, 2.75) is 18.4 Å². The van der Waals surface area contributed by atoms with Crippen molar-refractivity contribution in [1.82, 2.24) is 14.5 Å². The van der Waals surface area contributed by atoms with Gasteiger partial charge in [0, 0.05) is 25.0 Å². The highest BCUT2D eigenvalue weighted by Gasteiger charge is 2.24. The maximum Gasteiger partial charge on any atom is 0.246 e. The van der Waals surface area contributed by atoms with Crippen molar-refractivity contribution in [3.63, 3.8) is 0 Å². The van der Waals surface area contributed by atoms with Crippen LogP contribution in [-0.4, -0.2) is 29.5 Å². The Morgan fingerprint density at radius 3 is 2.79 bits per heavy atom. The summed E-state index contributed by atoms with van der Waals surface area (Å²) in [6, 6.07) is 7.20. The Labute approximate surface area is 112 Å². The molecule has 2 rings (SSSR count). The molecule has 3 N–H and O–H groups in total. The molecular formula is C12H16N4O2S. The van der Waals surface area contributed by atoms with E-state index in [-0.39, 0.29) is 11.4 Å². The fraction of sp³-hybridized carbons (Fsp3) is 0.250. The highest BCUT2D eigenvalue weighted by Crippen LogP contribution is 2.17. The maximum absolute atomic E-state index is 12.3. The number of aromatic nitrogens is 2. The highest BCUT2D eigenvalue weighted by molar-refractivity contribution is 7.89. The SMILES string of the molecule is CCN(Cc1cccc(N)c1)S(=O)(=O)c1cn[nH]c1. The van der Waals surface area contributed by atoms with Crippen molar-refractivity contribution < 1.29 is 8.42 Å². The molecule has 0 spiro atoms. The summed E-state index contributed by atoms with van der Waals surface area (Å²) in [6.07, 6.45) is 2.68. The lowest BCUT2D eigenvalue weighted by Gasteiger charge is -2.19. The van der Waals surface area contributed by atoms with Crippen LogP contribution >= 0.6 is 0 Å². The molecule has 1 aromatic heterocycles. The monoisotopic (exact) mass is 280 g/mol. The second-order valence-electron chi connectivity index (χ2n) is 4.11. The van der Waals surface area contributed by atoms with Gasteiger partial charge in [-0.3, -0.25) is 5.10 Å². The average Bonchev–Trinajstić information content (AvgIpc) is 2.90. The topological polar surface area (TPSA) is 92.1 Å². The van der Waals surface area contributed by atoms with Gasteiger partial charge in [0.1, 0.15) is 4.90 Å². The van der Waals surface area contributed by atoms with Crippen molar-refractivity contribution >= 4 is 15.7 Å². The molecule has 0 bridgehead atoms. The highest BCUT2D eigenvalue weighted by atomic mass is 32.2. The lowest BCUT2D eigenvalue weighted by atomic mass is 10.2. The molecule has 0 amide bonds. The summed E-state index contributed by atoms with van der Waals surface area (Å²) in [4.78, 5) is 0.165. The zero-order chi connectivity index (χ0) is 13.9. The standard InChI is InChI=1S/C12H16N4O2S/c1-2-16(9-10-4-3-5-11(13)6-10)19(17,18)12-7-14-15-8-12/h3-8H,2,9,13H2,1H3,(H,14,15). The largest absolute Gasteiger partial charge is 0.399 e. The summed E-state index contributed by atoms with van der Waals surface area (Å²) in [7, 11) is -3.52. The zero-order valence-electron chi connectivity index (χ0n) is 10.6. The number of sulfonamides is 1. The number of benzene rings is 1. The number of rotatable bonds is 5. The Bertz CT molecular complexity index is 638. The molecule has 0 saturated heterocycles. The molecule has 1 aromatic carbocycles. The Balaban J connectivity index is 2.26. The van der Waals surface area contributed by atoms with Gasteiger partial charge in [0.15, 0.2) is 0 Å². The van der Waals surface area contributed by atoms with Gasteiger partial charge in [-0.25, -0.2) is 8.42 Å². The number of nitrogens with one attached hydrogen (secondary N) is 1. The van der Waals surface area contributed by atoms with E-state index in [1.807, 2.05) is 12.1 Å². The quantitative estimate of drug-likeness (QED) is 0.805. The van der Waals surface area contributed by atoms with Crippen LogP contribution in [0.15, 0.2) is 41.6 Å². The molecule has 0 saturated carbocycles. The molecule has 0 atom stereocenters. The molecule has 0 aliphatic rings. The Morgan fingerprint density at radius 1 is 1.42 bits per heavy atom. The van der Waals surface area contributed by atoms with Crippen molar-refractivity contribution in [2.24, 2.45) is 0 Å². The van der Waals surface area contributed by atoms with Gasteiger partial charge >= 0.3 is 0 Å². The van der Waals surface area contributed by atoms with Crippen molar-refractivity contribution in [2.75, 3.05) is 12.3 Å².